The first-order valence-corrected chi connectivity index (χ1v) is 13.4. The molecule has 0 radical (unpaired) electrons. The molecule has 3 aromatic rings. The van der Waals surface area contributed by atoms with Crippen LogP contribution in [0.5, 0.6) is 0 Å². The molecule has 3 heterocycles. The minimum absolute atomic E-state index is 0.0518. The quantitative estimate of drug-likeness (QED) is 0.599. The molecule has 158 valence electrons. The van der Waals surface area contributed by atoms with E-state index in [1.807, 2.05) is 24.3 Å². The van der Waals surface area contributed by atoms with E-state index in [2.05, 4.69) is 20.8 Å². The molecule has 2 N–H and O–H groups in total. The molecular weight excluding hydrogens is 442 g/mol. The first-order valence-electron chi connectivity index (χ1n) is 10.1. The van der Waals surface area contributed by atoms with Crippen molar-refractivity contribution in [2.75, 3.05) is 11.5 Å². The number of sulfone groups is 1. The smallest absolute Gasteiger partial charge is 0.150 e. The number of aromatic nitrogens is 2. The Bertz CT molecular complexity index is 1220. The maximum atomic E-state index is 12.7. The molecule has 0 amide bonds. The molecule has 1 aliphatic heterocycles. The zero-order valence-corrected chi connectivity index (χ0v) is 18.6. The second-order valence-corrected chi connectivity index (χ2v) is 12.0. The van der Waals surface area contributed by atoms with E-state index in [0.29, 0.717) is 28.7 Å². The molecule has 5 rings (SSSR count). The Morgan fingerprint density at radius 2 is 1.80 bits per heavy atom. The zero-order chi connectivity index (χ0) is 20.9. The molecule has 1 saturated carbocycles. The molecule has 1 aliphatic carbocycles. The first kappa shape index (κ1) is 20.2. The number of halogens is 1. The summed E-state index contributed by atoms with van der Waals surface area (Å²) in [5.41, 5.74) is 3.90. The highest BCUT2D eigenvalue weighted by Crippen LogP contribution is 2.42. The predicted molar refractivity (Wildman–Crippen MR) is 120 cm³/mol. The largest absolute Gasteiger partial charge is 0.343 e. The van der Waals surface area contributed by atoms with Crippen molar-refractivity contribution in [3.8, 4) is 11.1 Å². The summed E-state index contributed by atoms with van der Waals surface area (Å²) in [5, 5.41) is 1.58. The summed E-state index contributed by atoms with van der Waals surface area (Å²) < 4.78 is 38.9. The Balaban J connectivity index is 1.37. The van der Waals surface area contributed by atoms with Crippen molar-refractivity contribution in [2.24, 2.45) is 0 Å². The molecule has 1 saturated heterocycles. The minimum Gasteiger partial charge on any atom is -0.343 e. The van der Waals surface area contributed by atoms with Crippen molar-refractivity contribution in [3.05, 3.63) is 47.2 Å². The van der Waals surface area contributed by atoms with Gasteiger partial charge in [0.25, 0.3) is 0 Å². The fraction of sp³-hybridized carbons (Fsp3) is 0.381. The summed E-state index contributed by atoms with van der Waals surface area (Å²) in [4.78, 5) is 8.49. The Labute approximate surface area is 182 Å². The van der Waals surface area contributed by atoms with Gasteiger partial charge in [0, 0.05) is 28.9 Å². The van der Waals surface area contributed by atoms with Gasteiger partial charge in [0.05, 0.1) is 21.4 Å². The minimum atomic E-state index is -2.93. The number of nitrogens with one attached hydrogen (secondary N) is 2. The highest BCUT2D eigenvalue weighted by molar-refractivity contribution is 7.91. The van der Waals surface area contributed by atoms with Crippen LogP contribution in [0.15, 0.2) is 41.4 Å². The summed E-state index contributed by atoms with van der Waals surface area (Å²) in [7, 11) is -4.33. The van der Waals surface area contributed by atoms with E-state index >= 15 is 0 Å². The molecule has 2 fully saturated rings. The summed E-state index contributed by atoms with van der Waals surface area (Å²) in [6, 6.07) is 9.59. The molecule has 9 heteroatoms. The zero-order valence-electron chi connectivity index (χ0n) is 16.2. The third kappa shape index (κ3) is 4.06. The van der Waals surface area contributed by atoms with E-state index in [4.69, 9.17) is 11.6 Å². The number of pyridine rings is 1. The van der Waals surface area contributed by atoms with E-state index < -0.39 is 20.8 Å². The van der Waals surface area contributed by atoms with Crippen LogP contribution in [0.4, 0.5) is 0 Å². The molecule has 0 spiro atoms. The van der Waals surface area contributed by atoms with Gasteiger partial charge in [-0.2, -0.15) is 0 Å². The van der Waals surface area contributed by atoms with Gasteiger partial charge in [-0.3, -0.25) is 0 Å². The fourth-order valence-corrected chi connectivity index (χ4v) is 6.76. The highest BCUT2D eigenvalue weighted by Gasteiger charge is 2.27. The average Bonchev–Trinajstić information content (AvgIpc) is 3.49. The normalized spacial score (nSPS) is 20.4. The Kier molecular flexibility index (Phi) is 5.21. The Morgan fingerprint density at radius 1 is 1.10 bits per heavy atom. The topological polar surface area (TPSA) is 91.9 Å². The van der Waals surface area contributed by atoms with Crippen molar-refractivity contribution in [3.63, 3.8) is 0 Å². The van der Waals surface area contributed by atoms with Crippen LogP contribution in [0.25, 0.3) is 22.2 Å². The van der Waals surface area contributed by atoms with Gasteiger partial charge in [0.1, 0.15) is 26.5 Å². The van der Waals surface area contributed by atoms with E-state index in [1.165, 1.54) is 18.5 Å². The lowest BCUT2D eigenvalue weighted by Gasteiger charge is -2.22. The van der Waals surface area contributed by atoms with Gasteiger partial charge >= 0.3 is 0 Å². The Hall–Kier alpha value is -1.74. The third-order valence-electron chi connectivity index (χ3n) is 5.84. The summed E-state index contributed by atoms with van der Waals surface area (Å²) in [6.07, 6.45) is 5.06. The molecule has 0 bridgehead atoms. The summed E-state index contributed by atoms with van der Waals surface area (Å²) in [6.45, 7) is 0. The van der Waals surface area contributed by atoms with Crippen LogP contribution in [-0.4, -0.2) is 40.1 Å². The maximum absolute atomic E-state index is 12.7. The molecule has 30 heavy (non-hydrogen) atoms. The lowest BCUT2D eigenvalue weighted by Crippen LogP contribution is -2.38. The van der Waals surface area contributed by atoms with Crippen LogP contribution in [0.2, 0.25) is 5.02 Å². The molecule has 1 unspecified atom stereocenters. The number of benzene rings is 1. The lowest BCUT2D eigenvalue weighted by atomic mass is 10.0. The lowest BCUT2D eigenvalue weighted by molar-refractivity contribution is 0.524. The van der Waals surface area contributed by atoms with E-state index in [9.17, 15) is 12.6 Å². The fourth-order valence-electron chi connectivity index (χ4n) is 3.95. The van der Waals surface area contributed by atoms with Crippen LogP contribution in [-0.2, 0) is 20.8 Å². The van der Waals surface area contributed by atoms with E-state index in [0.717, 1.165) is 22.2 Å². The number of rotatable bonds is 5. The first-order chi connectivity index (χ1) is 14.4. The highest BCUT2D eigenvalue weighted by atomic mass is 35.5. The van der Waals surface area contributed by atoms with Crippen molar-refractivity contribution in [1.29, 1.82) is 0 Å². The molecule has 1 atom stereocenters. The molecule has 6 nitrogen and oxygen atoms in total. The van der Waals surface area contributed by atoms with Crippen LogP contribution in [0.3, 0.4) is 0 Å². The van der Waals surface area contributed by atoms with E-state index in [-0.39, 0.29) is 17.5 Å². The van der Waals surface area contributed by atoms with Crippen molar-refractivity contribution in [2.45, 2.75) is 42.5 Å². The maximum Gasteiger partial charge on any atom is 0.150 e. The molecule has 2 aromatic heterocycles. The van der Waals surface area contributed by atoms with E-state index in [1.54, 1.807) is 6.20 Å². The second kappa shape index (κ2) is 7.75. The van der Waals surface area contributed by atoms with Gasteiger partial charge in [-0.25, -0.2) is 22.3 Å². The SMILES string of the molecule is O=S(NC1CCS(=O)(=O)CC1)c1ccc(-c2c(Cl)cnc3[nH]c(C4CC4)cc23)cc1. The number of hydrogen-bond donors (Lipinski definition) is 2. The standard InChI is InChI=1S/C21H22ClN3O3S2/c22-18-12-23-21-17(11-19(24-21)13-1-2-13)20(18)14-3-5-16(6-4-14)29(26)25-15-7-9-30(27,28)10-8-15/h3-6,11-13,15,25H,1-2,7-10H2,(H,23,24). The number of aromatic amines is 1. The monoisotopic (exact) mass is 463 g/mol. The number of fused-ring (bicyclic) bond motifs is 1. The van der Waals surface area contributed by atoms with Gasteiger partial charge in [-0.05, 0) is 55.4 Å². The van der Waals surface area contributed by atoms with Gasteiger partial charge < -0.3 is 4.98 Å². The summed E-state index contributed by atoms with van der Waals surface area (Å²) in [5.74, 6) is 0.893. The molecule has 1 aromatic carbocycles. The van der Waals surface area contributed by atoms with Crippen molar-refractivity contribution < 1.29 is 12.6 Å². The van der Waals surface area contributed by atoms with Crippen LogP contribution in [0, 0.1) is 0 Å². The van der Waals surface area contributed by atoms with Gasteiger partial charge in [-0.15, -0.1) is 0 Å². The predicted octanol–water partition coefficient (Wildman–Crippen LogP) is 3.95. The molecule has 2 aliphatic rings. The second-order valence-electron chi connectivity index (χ2n) is 8.08. The van der Waals surface area contributed by atoms with Crippen molar-refractivity contribution in [1.82, 2.24) is 14.7 Å². The third-order valence-corrected chi connectivity index (χ3v) is 9.09. The number of hydrogen-bond acceptors (Lipinski definition) is 4. The summed E-state index contributed by atoms with van der Waals surface area (Å²) >= 11 is 6.50. The number of H-pyrrole nitrogens is 1. The number of nitrogens with zero attached hydrogens (tertiary/aromatic N) is 1. The van der Waals surface area contributed by atoms with Crippen LogP contribution in [0.1, 0.15) is 37.3 Å². The van der Waals surface area contributed by atoms with Gasteiger partial charge in [0.15, 0.2) is 0 Å². The van der Waals surface area contributed by atoms with Crippen molar-refractivity contribution >= 4 is 43.5 Å². The molecular formula is C21H22ClN3O3S2. The van der Waals surface area contributed by atoms with Crippen LogP contribution >= 0.6 is 11.6 Å². The van der Waals surface area contributed by atoms with Crippen LogP contribution < -0.4 is 4.72 Å². The van der Waals surface area contributed by atoms with Gasteiger partial charge in [0.2, 0.25) is 0 Å². The average molecular weight is 464 g/mol. The van der Waals surface area contributed by atoms with Gasteiger partial charge in [-0.1, -0.05) is 23.7 Å². The Morgan fingerprint density at radius 3 is 2.47 bits per heavy atom.